The van der Waals surface area contributed by atoms with Gasteiger partial charge in [0.25, 0.3) is 0 Å². The zero-order valence-corrected chi connectivity index (χ0v) is 15.0. The molecule has 3 aromatic rings. The highest BCUT2D eigenvalue weighted by molar-refractivity contribution is 14.1. The van der Waals surface area contributed by atoms with E-state index >= 15 is 0 Å². The number of benzene rings is 2. The van der Waals surface area contributed by atoms with Gasteiger partial charge >= 0.3 is 0 Å². The molecule has 4 heteroatoms. The lowest BCUT2D eigenvalue weighted by Crippen LogP contribution is -2.30. The van der Waals surface area contributed by atoms with Crippen LogP contribution < -0.4 is 5.32 Å². The van der Waals surface area contributed by atoms with Crippen molar-refractivity contribution in [3.05, 3.63) is 67.3 Å². The van der Waals surface area contributed by atoms with E-state index in [0.717, 1.165) is 17.4 Å². The van der Waals surface area contributed by atoms with Crippen molar-refractivity contribution in [3.63, 3.8) is 0 Å². The maximum absolute atomic E-state index is 3.65. The topological polar surface area (TPSA) is 27.8 Å². The van der Waals surface area contributed by atoms with Crippen LogP contribution in [-0.2, 0) is 6.42 Å². The summed E-state index contributed by atoms with van der Waals surface area (Å²) in [4.78, 5) is 3.63. The molecule has 1 aliphatic heterocycles. The molecule has 2 aromatic carbocycles. The molecular weight excluding hydrogens is 439 g/mol. The molecule has 1 aromatic heterocycles. The van der Waals surface area contributed by atoms with E-state index in [2.05, 4.69) is 91.3 Å². The Balaban J connectivity index is 1.90. The van der Waals surface area contributed by atoms with Crippen LogP contribution in [0, 0.1) is 3.57 Å². The third kappa shape index (κ3) is 2.43. The van der Waals surface area contributed by atoms with Gasteiger partial charge in [-0.1, -0.05) is 28.1 Å². The van der Waals surface area contributed by atoms with Crippen LogP contribution in [0.1, 0.15) is 22.9 Å². The van der Waals surface area contributed by atoms with E-state index in [1.165, 1.54) is 31.3 Å². The maximum Gasteiger partial charge on any atom is 0.0732 e. The molecule has 21 heavy (non-hydrogen) atoms. The average Bonchev–Trinajstić information content (AvgIpc) is 2.85. The van der Waals surface area contributed by atoms with Crippen molar-refractivity contribution in [2.45, 2.75) is 12.5 Å². The van der Waals surface area contributed by atoms with Gasteiger partial charge in [-0.3, -0.25) is 0 Å². The summed E-state index contributed by atoms with van der Waals surface area (Å²) >= 11 is 5.96. The van der Waals surface area contributed by atoms with Gasteiger partial charge in [-0.05, 0) is 70.5 Å². The Morgan fingerprint density at radius 2 is 2.05 bits per heavy atom. The first-order valence-electron chi connectivity index (χ1n) is 7.01. The maximum atomic E-state index is 3.65. The number of halogens is 2. The summed E-state index contributed by atoms with van der Waals surface area (Å²) in [5.41, 5.74) is 5.32. The van der Waals surface area contributed by atoms with E-state index in [1.807, 2.05) is 0 Å². The van der Waals surface area contributed by atoms with Crippen molar-refractivity contribution in [1.82, 2.24) is 10.3 Å². The smallest absolute Gasteiger partial charge is 0.0732 e. The predicted molar refractivity (Wildman–Crippen MR) is 98.7 cm³/mol. The molecule has 2 N–H and O–H groups in total. The summed E-state index contributed by atoms with van der Waals surface area (Å²) in [6, 6.07) is 15.5. The predicted octanol–water partition coefficient (Wildman–Crippen LogP) is 4.77. The van der Waals surface area contributed by atoms with E-state index in [4.69, 9.17) is 0 Å². The first-order valence-corrected chi connectivity index (χ1v) is 8.88. The van der Waals surface area contributed by atoms with E-state index < -0.39 is 0 Å². The van der Waals surface area contributed by atoms with Gasteiger partial charge in [0.2, 0.25) is 0 Å². The minimum atomic E-state index is 0.259. The van der Waals surface area contributed by atoms with Crippen molar-refractivity contribution in [3.8, 4) is 0 Å². The van der Waals surface area contributed by atoms with Gasteiger partial charge in [0.05, 0.1) is 6.04 Å². The average molecular weight is 453 g/mol. The van der Waals surface area contributed by atoms with Crippen LogP contribution >= 0.6 is 38.5 Å². The van der Waals surface area contributed by atoms with Gasteiger partial charge in [-0.25, -0.2) is 0 Å². The second kappa shape index (κ2) is 5.41. The van der Waals surface area contributed by atoms with E-state index in [1.54, 1.807) is 0 Å². The van der Waals surface area contributed by atoms with E-state index in [0.29, 0.717) is 0 Å². The summed E-state index contributed by atoms with van der Waals surface area (Å²) in [6.45, 7) is 1.02. The molecule has 0 bridgehead atoms. The molecule has 0 fully saturated rings. The van der Waals surface area contributed by atoms with E-state index in [9.17, 15) is 0 Å². The molecule has 0 spiro atoms. The molecule has 106 valence electrons. The number of aromatic amines is 1. The van der Waals surface area contributed by atoms with Crippen molar-refractivity contribution in [2.24, 2.45) is 0 Å². The molecule has 2 nitrogen and oxygen atoms in total. The highest BCUT2D eigenvalue weighted by Gasteiger charge is 2.25. The Morgan fingerprint density at radius 1 is 1.14 bits per heavy atom. The SMILES string of the molecule is Brc1ccc2[nH]c3c(c2c1)CCNC3c1cccc(I)c1. The number of H-pyrrole nitrogens is 1. The summed E-state index contributed by atoms with van der Waals surface area (Å²) in [5.74, 6) is 0. The molecule has 0 aliphatic carbocycles. The third-order valence-electron chi connectivity index (χ3n) is 4.10. The lowest BCUT2D eigenvalue weighted by atomic mass is 9.94. The lowest BCUT2D eigenvalue weighted by Gasteiger charge is -2.25. The molecule has 0 radical (unpaired) electrons. The number of fused-ring (bicyclic) bond motifs is 3. The monoisotopic (exact) mass is 452 g/mol. The van der Waals surface area contributed by atoms with Crippen LogP contribution in [0.15, 0.2) is 46.9 Å². The van der Waals surface area contributed by atoms with Gasteiger partial charge in [0, 0.05) is 31.2 Å². The molecule has 0 saturated carbocycles. The minimum absolute atomic E-state index is 0.259. The Bertz CT molecular complexity index is 825. The quantitative estimate of drug-likeness (QED) is 0.511. The standard InChI is InChI=1S/C17H14BrIN2/c18-11-4-5-15-14(9-11)13-6-7-20-16(17(13)21-15)10-2-1-3-12(19)8-10/h1-5,8-9,16,20-21H,6-7H2. The van der Waals surface area contributed by atoms with Gasteiger partial charge in [-0.2, -0.15) is 0 Å². The van der Waals surface area contributed by atoms with Gasteiger partial charge in [-0.15, -0.1) is 0 Å². The Kier molecular flexibility index (Phi) is 3.55. The summed E-state index contributed by atoms with van der Waals surface area (Å²) in [7, 11) is 0. The molecule has 1 unspecified atom stereocenters. The fourth-order valence-corrected chi connectivity index (χ4v) is 4.10. The second-order valence-corrected chi connectivity index (χ2v) is 7.56. The normalized spacial score (nSPS) is 17.9. The number of nitrogens with one attached hydrogen (secondary N) is 2. The number of hydrogen-bond acceptors (Lipinski definition) is 1. The van der Waals surface area contributed by atoms with Crippen LogP contribution in [0.4, 0.5) is 0 Å². The molecular formula is C17H14BrIN2. The van der Waals surface area contributed by atoms with Crippen molar-refractivity contribution in [1.29, 1.82) is 0 Å². The van der Waals surface area contributed by atoms with Crippen LogP contribution in [0.2, 0.25) is 0 Å². The highest BCUT2D eigenvalue weighted by Crippen LogP contribution is 2.34. The van der Waals surface area contributed by atoms with Crippen molar-refractivity contribution in [2.75, 3.05) is 6.54 Å². The molecule has 0 amide bonds. The van der Waals surface area contributed by atoms with Gasteiger partial charge < -0.3 is 10.3 Å². The Hall–Kier alpha value is -0.850. The first-order chi connectivity index (χ1) is 10.2. The second-order valence-electron chi connectivity index (χ2n) is 5.40. The highest BCUT2D eigenvalue weighted by atomic mass is 127. The first kappa shape index (κ1) is 13.8. The lowest BCUT2D eigenvalue weighted by molar-refractivity contribution is 0.560. The van der Waals surface area contributed by atoms with Crippen molar-refractivity contribution < 1.29 is 0 Å². The largest absolute Gasteiger partial charge is 0.357 e. The molecule has 2 heterocycles. The molecule has 4 rings (SSSR count). The number of rotatable bonds is 1. The fourth-order valence-electron chi connectivity index (χ4n) is 3.17. The molecule has 1 atom stereocenters. The third-order valence-corrected chi connectivity index (χ3v) is 5.26. The zero-order valence-electron chi connectivity index (χ0n) is 11.3. The van der Waals surface area contributed by atoms with E-state index in [-0.39, 0.29) is 6.04 Å². The van der Waals surface area contributed by atoms with Crippen LogP contribution in [-0.4, -0.2) is 11.5 Å². The van der Waals surface area contributed by atoms with Gasteiger partial charge in [0.1, 0.15) is 0 Å². The molecule has 0 saturated heterocycles. The van der Waals surface area contributed by atoms with Crippen LogP contribution in [0.3, 0.4) is 0 Å². The minimum Gasteiger partial charge on any atom is -0.357 e. The van der Waals surface area contributed by atoms with Crippen LogP contribution in [0.25, 0.3) is 10.9 Å². The Labute approximate surface area is 145 Å². The zero-order chi connectivity index (χ0) is 14.4. The number of hydrogen-bond donors (Lipinski definition) is 2. The fraction of sp³-hybridized carbons (Fsp3) is 0.176. The summed E-state index contributed by atoms with van der Waals surface area (Å²) in [5, 5.41) is 4.99. The van der Waals surface area contributed by atoms with Gasteiger partial charge in [0.15, 0.2) is 0 Å². The Morgan fingerprint density at radius 3 is 2.90 bits per heavy atom. The summed E-state index contributed by atoms with van der Waals surface area (Å²) in [6.07, 6.45) is 1.08. The number of aromatic nitrogens is 1. The summed E-state index contributed by atoms with van der Waals surface area (Å²) < 4.78 is 2.42. The van der Waals surface area contributed by atoms with Crippen LogP contribution in [0.5, 0.6) is 0 Å². The van der Waals surface area contributed by atoms with Crippen molar-refractivity contribution >= 4 is 49.4 Å². The molecule has 1 aliphatic rings.